The monoisotopic (exact) mass is 214 g/mol. The third-order valence-corrected chi connectivity index (χ3v) is 2.55. The lowest BCUT2D eigenvalue weighted by atomic mass is 10.5. The smallest absolute Gasteiger partial charge is 0.247 e. The van der Waals surface area contributed by atoms with E-state index in [9.17, 15) is 8.42 Å². The topological polar surface area (TPSA) is 87.8 Å². The zero-order chi connectivity index (χ0) is 10.8. The Morgan fingerprint density at radius 3 is 2.79 bits per heavy atom. The van der Waals surface area contributed by atoms with Gasteiger partial charge in [-0.3, -0.25) is 9.40 Å². The van der Waals surface area contributed by atoms with E-state index in [1.807, 2.05) is 0 Å². The summed E-state index contributed by atoms with van der Waals surface area (Å²) in [6.45, 7) is 1.75. The van der Waals surface area contributed by atoms with Gasteiger partial charge in [0.05, 0.1) is 11.8 Å². The summed E-state index contributed by atoms with van der Waals surface area (Å²) in [7, 11) is -1.94. The summed E-state index contributed by atoms with van der Waals surface area (Å²) < 4.78 is 26.0. The fourth-order valence-electron chi connectivity index (χ4n) is 0.987. The molecule has 0 amide bonds. The maximum Gasteiger partial charge on any atom is 0.247 e. The van der Waals surface area contributed by atoms with E-state index in [2.05, 4.69) is 9.82 Å². The molecule has 0 bridgehead atoms. The minimum Gasteiger partial charge on any atom is -0.267 e. The lowest BCUT2D eigenvalue weighted by Gasteiger charge is -2.03. The lowest BCUT2D eigenvalue weighted by molar-refractivity contribution is 0.603. The zero-order valence-electron chi connectivity index (χ0n) is 7.85. The van der Waals surface area contributed by atoms with E-state index in [1.54, 1.807) is 26.1 Å². The molecule has 0 unspecified atom stereocenters. The second-order valence-electron chi connectivity index (χ2n) is 2.81. The maximum atomic E-state index is 11.2. The van der Waals surface area contributed by atoms with Crippen molar-refractivity contribution in [2.24, 2.45) is 7.05 Å². The Balaban J connectivity index is 2.90. The predicted molar refractivity (Wildman–Crippen MR) is 51.0 cm³/mol. The molecule has 0 saturated heterocycles. The molecule has 0 saturated carbocycles. The van der Waals surface area contributed by atoms with E-state index in [0.29, 0.717) is 11.5 Å². The minimum absolute atomic E-state index is 0.359. The normalized spacial score (nSPS) is 10.9. The van der Waals surface area contributed by atoms with Crippen LogP contribution in [0.3, 0.4) is 0 Å². The number of rotatable bonds is 3. The van der Waals surface area contributed by atoms with Crippen molar-refractivity contribution in [1.82, 2.24) is 9.78 Å². The van der Waals surface area contributed by atoms with Crippen LogP contribution in [-0.2, 0) is 17.1 Å². The highest BCUT2D eigenvalue weighted by Gasteiger charge is 2.12. The van der Waals surface area contributed by atoms with Crippen LogP contribution >= 0.6 is 0 Å². The quantitative estimate of drug-likeness (QED) is 0.766. The number of nitrogens with zero attached hydrogens (tertiary/aromatic N) is 3. The third-order valence-electron chi connectivity index (χ3n) is 1.52. The van der Waals surface area contributed by atoms with Crippen molar-refractivity contribution in [3.05, 3.63) is 11.8 Å². The predicted octanol–water partition coefficient (Wildman–Crippen LogP) is -0.00620. The molecule has 6 nitrogen and oxygen atoms in total. The molecule has 1 aromatic heterocycles. The number of aromatic nitrogens is 2. The third kappa shape index (κ3) is 2.47. The second kappa shape index (κ2) is 3.67. The Morgan fingerprint density at radius 1 is 1.71 bits per heavy atom. The lowest BCUT2D eigenvalue weighted by Crippen LogP contribution is -2.17. The van der Waals surface area contributed by atoms with Gasteiger partial charge in [-0.15, -0.1) is 0 Å². The molecule has 0 aliphatic carbocycles. The number of hydrogen-bond donors (Lipinski definition) is 1. The molecule has 1 N–H and O–H groups in total. The maximum absolute atomic E-state index is 11.2. The first-order chi connectivity index (χ1) is 6.44. The number of hydrogen-bond acceptors (Lipinski definition) is 4. The molecule has 0 aromatic carbocycles. The van der Waals surface area contributed by atoms with Gasteiger partial charge in [-0.2, -0.15) is 10.4 Å². The number of sulfonamides is 1. The van der Waals surface area contributed by atoms with Gasteiger partial charge in [0, 0.05) is 13.1 Å². The van der Waals surface area contributed by atoms with Crippen LogP contribution in [0.5, 0.6) is 0 Å². The van der Waals surface area contributed by atoms with Gasteiger partial charge in [-0.25, -0.2) is 8.42 Å². The summed E-state index contributed by atoms with van der Waals surface area (Å²) in [6, 6.07) is 3.17. The van der Waals surface area contributed by atoms with Crippen molar-refractivity contribution in [3.63, 3.8) is 0 Å². The van der Waals surface area contributed by atoms with Crippen molar-refractivity contribution < 1.29 is 8.42 Å². The first-order valence-electron chi connectivity index (χ1n) is 3.83. The Bertz CT molecular complexity index is 468. The summed E-state index contributed by atoms with van der Waals surface area (Å²) in [4.78, 5) is 0. The zero-order valence-corrected chi connectivity index (χ0v) is 8.67. The molecule has 0 aliphatic heterocycles. The number of anilines is 1. The van der Waals surface area contributed by atoms with Crippen LogP contribution in [0.4, 0.5) is 5.82 Å². The fourth-order valence-corrected chi connectivity index (χ4v) is 1.74. The summed E-state index contributed by atoms with van der Waals surface area (Å²) in [5.74, 6) is -0.199. The van der Waals surface area contributed by atoms with Gasteiger partial charge in [0.2, 0.25) is 10.0 Å². The van der Waals surface area contributed by atoms with Crippen LogP contribution in [0.15, 0.2) is 6.07 Å². The molecule has 0 atom stereocenters. The Morgan fingerprint density at radius 2 is 2.36 bits per heavy atom. The van der Waals surface area contributed by atoms with Gasteiger partial charge in [0.25, 0.3) is 0 Å². The van der Waals surface area contributed by atoms with E-state index in [4.69, 9.17) is 5.26 Å². The van der Waals surface area contributed by atoms with Gasteiger partial charge in [-0.05, 0) is 6.92 Å². The molecule has 1 heterocycles. The Kier molecular flexibility index (Phi) is 2.76. The molecule has 0 radical (unpaired) electrons. The Labute approximate surface area is 82.2 Å². The average Bonchev–Trinajstić information content (AvgIpc) is 2.28. The van der Waals surface area contributed by atoms with Crippen LogP contribution in [0, 0.1) is 18.3 Å². The summed E-state index contributed by atoms with van der Waals surface area (Å²) in [5, 5.41) is 12.2. The van der Waals surface area contributed by atoms with Gasteiger partial charge in [0.1, 0.15) is 5.82 Å². The molecular formula is C7H10N4O2S. The van der Waals surface area contributed by atoms with E-state index in [0.717, 1.165) is 0 Å². The van der Waals surface area contributed by atoms with Gasteiger partial charge in [0.15, 0.2) is 5.75 Å². The van der Waals surface area contributed by atoms with E-state index in [1.165, 1.54) is 4.68 Å². The van der Waals surface area contributed by atoms with E-state index in [-0.39, 0.29) is 0 Å². The first-order valence-corrected chi connectivity index (χ1v) is 5.48. The van der Waals surface area contributed by atoms with Crippen LogP contribution in [0.25, 0.3) is 0 Å². The molecule has 0 spiro atoms. The van der Waals surface area contributed by atoms with E-state index < -0.39 is 15.8 Å². The standard InChI is InChI=1S/C7H10N4O2S/c1-6-5-7(11(2)9-6)10-14(12,13)4-3-8/h5,10H,4H2,1-2H3. The number of aryl methyl sites for hydroxylation is 2. The first kappa shape index (κ1) is 10.5. The molecule has 1 aromatic rings. The highest BCUT2D eigenvalue weighted by atomic mass is 32.2. The van der Waals surface area contributed by atoms with Gasteiger partial charge >= 0.3 is 0 Å². The van der Waals surface area contributed by atoms with Crippen LogP contribution in [0.1, 0.15) is 5.69 Å². The minimum atomic E-state index is -3.57. The van der Waals surface area contributed by atoms with Crippen LogP contribution in [0.2, 0.25) is 0 Å². The summed E-state index contributed by atoms with van der Waals surface area (Å²) in [6.07, 6.45) is 0. The molecular weight excluding hydrogens is 204 g/mol. The van der Waals surface area contributed by atoms with Crippen molar-refractivity contribution >= 4 is 15.8 Å². The molecule has 14 heavy (non-hydrogen) atoms. The highest BCUT2D eigenvalue weighted by molar-refractivity contribution is 7.92. The SMILES string of the molecule is Cc1cc(NS(=O)(=O)CC#N)n(C)n1. The van der Waals surface area contributed by atoms with Crippen molar-refractivity contribution in [1.29, 1.82) is 5.26 Å². The second-order valence-corrected chi connectivity index (χ2v) is 4.54. The Hall–Kier alpha value is -1.55. The van der Waals surface area contributed by atoms with Crippen molar-refractivity contribution in [2.45, 2.75) is 6.92 Å². The summed E-state index contributed by atoms with van der Waals surface area (Å²) >= 11 is 0. The summed E-state index contributed by atoms with van der Waals surface area (Å²) in [5.41, 5.74) is 0.710. The molecule has 1 rings (SSSR count). The van der Waals surface area contributed by atoms with Crippen molar-refractivity contribution in [3.8, 4) is 6.07 Å². The van der Waals surface area contributed by atoms with Gasteiger partial charge < -0.3 is 0 Å². The number of nitrogens with one attached hydrogen (secondary N) is 1. The molecule has 0 aliphatic rings. The number of nitriles is 1. The van der Waals surface area contributed by atoms with Gasteiger partial charge in [-0.1, -0.05) is 0 Å². The average molecular weight is 214 g/mol. The van der Waals surface area contributed by atoms with Crippen LogP contribution < -0.4 is 4.72 Å². The molecule has 7 heteroatoms. The fraction of sp³-hybridized carbons (Fsp3) is 0.429. The largest absolute Gasteiger partial charge is 0.267 e. The van der Waals surface area contributed by atoms with E-state index >= 15 is 0 Å². The van der Waals surface area contributed by atoms with Crippen molar-refractivity contribution in [2.75, 3.05) is 10.5 Å². The molecule has 0 fully saturated rings. The van der Waals surface area contributed by atoms with Crippen LogP contribution in [-0.4, -0.2) is 24.0 Å². The molecule has 76 valence electrons. The highest BCUT2D eigenvalue weighted by Crippen LogP contribution is 2.09.